The van der Waals surface area contributed by atoms with Crippen molar-refractivity contribution in [1.29, 1.82) is 0 Å². The molecule has 3 aromatic rings. The van der Waals surface area contributed by atoms with E-state index >= 15 is 0 Å². The molecule has 8 heteroatoms. The van der Waals surface area contributed by atoms with Gasteiger partial charge in [0.2, 0.25) is 0 Å². The lowest BCUT2D eigenvalue weighted by Gasteiger charge is -2.05. The molecule has 0 saturated heterocycles. The largest absolute Gasteiger partial charge is 0.383 e. The number of hydrogen-bond acceptors (Lipinski definition) is 6. The first-order valence-electron chi connectivity index (χ1n) is 5.79. The number of carbonyl (C=O) groups excluding carboxylic acids is 1. The van der Waals surface area contributed by atoms with Crippen LogP contribution in [0.15, 0.2) is 17.3 Å². The van der Waals surface area contributed by atoms with E-state index in [4.69, 9.17) is 11.5 Å². The van der Waals surface area contributed by atoms with Crippen LogP contribution in [0.1, 0.15) is 10.5 Å². The molecule has 0 aliphatic heterocycles. The Morgan fingerprint density at radius 1 is 1.30 bits per heavy atom. The maximum Gasteiger partial charge on any atom is 0.269 e. The number of nitrogens with two attached hydrogens (primary N) is 2. The third-order valence-electron chi connectivity index (χ3n) is 3.10. The summed E-state index contributed by atoms with van der Waals surface area (Å²) in [6.07, 6.45) is 1.87. The summed E-state index contributed by atoms with van der Waals surface area (Å²) in [7, 11) is 1.74. The highest BCUT2D eigenvalue weighted by Crippen LogP contribution is 2.29. The van der Waals surface area contributed by atoms with E-state index in [1.807, 2.05) is 6.26 Å². The summed E-state index contributed by atoms with van der Waals surface area (Å²) < 4.78 is 1.59. The fourth-order valence-electron chi connectivity index (χ4n) is 2.23. The van der Waals surface area contributed by atoms with Crippen LogP contribution in [0.5, 0.6) is 0 Å². The van der Waals surface area contributed by atoms with E-state index in [9.17, 15) is 4.79 Å². The van der Waals surface area contributed by atoms with Gasteiger partial charge in [-0.05, 0) is 18.4 Å². The molecule has 0 spiro atoms. The molecule has 0 atom stereocenters. The van der Waals surface area contributed by atoms with Crippen molar-refractivity contribution >= 4 is 45.3 Å². The standard InChI is InChI=1S/C12H12N6OS/c1-18-9-5(8(17-18)11(14)19)3-4-6-7(9)15-12(20-2)16-10(6)13/h3-4H,1-2H3,(H2,14,19)(H2,13,15,16). The number of nitrogen functional groups attached to an aromatic ring is 1. The average Bonchev–Trinajstić information content (AvgIpc) is 2.76. The van der Waals surface area contributed by atoms with Crippen molar-refractivity contribution in [3.63, 3.8) is 0 Å². The van der Waals surface area contributed by atoms with Crippen LogP contribution in [0.25, 0.3) is 21.8 Å². The van der Waals surface area contributed by atoms with Gasteiger partial charge in [0.25, 0.3) is 5.91 Å². The van der Waals surface area contributed by atoms with Crippen LogP contribution < -0.4 is 11.5 Å². The van der Waals surface area contributed by atoms with E-state index in [0.717, 1.165) is 10.9 Å². The van der Waals surface area contributed by atoms with Crippen molar-refractivity contribution in [3.8, 4) is 0 Å². The molecule has 2 heterocycles. The fourth-order valence-corrected chi connectivity index (χ4v) is 2.60. The monoisotopic (exact) mass is 288 g/mol. The zero-order chi connectivity index (χ0) is 14.4. The third kappa shape index (κ3) is 1.68. The van der Waals surface area contributed by atoms with Crippen LogP contribution in [0, 0.1) is 0 Å². The van der Waals surface area contributed by atoms with E-state index < -0.39 is 5.91 Å². The Balaban J connectivity index is 2.52. The first-order chi connectivity index (χ1) is 9.52. The van der Waals surface area contributed by atoms with Crippen LogP contribution in [-0.2, 0) is 7.05 Å². The van der Waals surface area contributed by atoms with E-state index in [1.165, 1.54) is 11.8 Å². The molecule has 0 radical (unpaired) electrons. The summed E-state index contributed by atoms with van der Waals surface area (Å²) in [6, 6.07) is 3.55. The van der Waals surface area contributed by atoms with Crippen molar-refractivity contribution in [2.45, 2.75) is 5.16 Å². The van der Waals surface area contributed by atoms with Crippen molar-refractivity contribution in [1.82, 2.24) is 19.7 Å². The number of primary amides is 1. The van der Waals surface area contributed by atoms with Crippen molar-refractivity contribution in [2.24, 2.45) is 12.8 Å². The number of thioether (sulfide) groups is 1. The lowest BCUT2D eigenvalue weighted by atomic mass is 10.1. The second kappa shape index (κ2) is 4.34. The first-order valence-corrected chi connectivity index (χ1v) is 7.02. The normalized spacial score (nSPS) is 11.3. The van der Waals surface area contributed by atoms with Crippen molar-refractivity contribution < 1.29 is 4.79 Å². The molecule has 102 valence electrons. The molecule has 0 saturated carbocycles. The summed E-state index contributed by atoms with van der Waals surface area (Å²) >= 11 is 1.40. The van der Waals surface area contributed by atoms with E-state index in [0.29, 0.717) is 21.9 Å². The maximum absolute atomic E-state index is 11.4. The van der Waals surface area contributed by atoms with E-state index in [-0.39, 0.29) is 5.69 Å². The highest BCUT2D eigenvalue weighted by Gasteiger charge is 2.17. The predicted molar refractivity (Wildman–Crippen MR) is 78.5 cm³/mol. The SMILES string of the molecule is CSc1nc(N)c2ccc3c(C(N)=O)nn(C)c3c2n1. The molecule has 4 N–H and O–H groups in total. The van der Waals surface area contributed by atoms with Gasteiger partial charge in [0, 0.05) is 17.8 Å². The van der Waals surface area contributed by atoms with Crippen LogP contribution >= 0.6 is 11.8 Å². The molecule has 0 bridgehead atoms. The quantitative estimate of drug-likeness (QED) is 0.535. The average molecular weight is 288 g/mol. The highest BCUT2D eigenvalue weighted by molar-refractivity contribution is 7.98. The van der Waals surface area contributed by atoms with Gasteiger partial charge in [0.1, 0.15) is 11.3 Å². The third-order valence-corrected chi connectivity index (χ3v) is 3.64. The molecule has 3 rings (SSSR count). The van der Waals surface area contributed by atoms with E-state index in [2.05, 4.69) is 15.1 Å². The predicted octanol–water partition coefficient (Wildman–Crippen LogP) is 0.919. The molecule has 2 aromatic heterocycles. The Kier molecular flexibility index (Phi) is 2.75. The van der Waals surface area contributed by atoms with Gasteiger partial charge < -0.3 is 11.5 Å². The van der Waals surface area contributed by atoms with Gasteiger partial charge in [-0.3, -0.25) is 9.48 Å². The van der Waals surface area contributed by atoms with Gasteiger partial charge in [0.15, 0.2) is 10.9 Å². The van der Waals surface area contributed by atoms with Crippen LogP contribution in [-0.4, -0.2) is 31.9 Å². The summed E-state index contributed by atoms with van der Waals surface area (Å²) in [5.41, 5.74) is 12.9. The Morgan fingerprint density at radius 2 is 2.00 bits per heavy atom. The molecule has 20 heavy (non-hydrogen) atoms. The Bertz CT molecular complexity index is 856. The minimum absolute atomic E-state index is 0.229. The fraction of sp³-hybridized carbons (Fsp3) is 0.167. The van der Waals surface area contributed by atoms with Gasteiger partial charge in [-0.2, -0.15) is 5.10 Å². The lowest BCUT2D eigenvalue weighted by Crippen LogP contribution is -2.12. The Hall–Kier alpha value is -2.35. The van der Waals surface area contributed by atoms with Gasteiger partial charge in [0.05, 0.1) is 5.52 Å². The summed E-state index contributed by atoms with van der Waals surface area (Å²) in [6.45, 7) is 0. The minimum Gasteiger partial charge on any atom is -0.383 e. The maximum atomic E-state index is 11.4. The zero-order valence-electron chi connectivity index (χ0n) is 10.9. The number of nitrogens with zero attached hydrogens (tertiary/aromatic N) is 4. The number of carbonyl (C=O) groups is 1. The first kappa shape index (κ1) is 12.7. The molecule has 0 aliphatic rings. The second-order valence-corrected chi connectivity index (χ2v) is 5.06. The van der Waals surface area contributed by atoms with Gasteiger partial charge in [-0.25, -0.2) is 9.97 Å². The van der Waals surface area contributed by atoms with Gasteiger partial charge in [-0.15, -0.1) is 0 Å². The van der Waals surface area contributed by atoms with Crippen LogP contribution in [0.2, 0.25) is 0 Å². The smallest absolute Gasteiger partial charge is 0.269 e. The number of benzene rings is 1. The minimum atomic E-state index is -0.568. The molecule has 7 nitrogen and oxygen atoms in total. The Morgan fingerprint density at radius 3 is 2.65 bits per heavy atom. The van der Waals surface area contributed by atoms with E-state index in [1.54, 1.807) is 23.9 Å². The number of anilines is 1. The summed E-state index contributed by atoms with van der Waals surface area (Å²) in [5.74, 6) is -0.162. The molecular formula is C12H12N6OS. The molecule has 0 aliphatic carbocycles. The molecule has 1 aromatic carbocycles. The number of rotatable bonds is 2. The van der Waals surface area contributed by atoms with Crippen LogP contribution in [0.3, 0.4) is 0 Å². The number of fused-ring (bicyclic) bond motifs is 3. The summed E-state index contributed by atoms with van der Waals surface area (Å²) in [4.78, 5) is 20.1. The molecule has 0 unspecified atom stereocenters. The number of aryl methyl sites for hydroxylation is 1. The van der Waals surface area contributed by atoms with Crippen molar-refractivity contribution in [2.75, 3.05) is 12.0 Å². The topological polar surface area (TPSA) is 113 Å². The van der Waals surface area contributed by atoms with Gasteiger partial charge in [-0.1, -0.05) is 11.8 Å². The van der Waals surface area contributed by atoms with Crippen LogP contribution in [0.4, 0.5) is 5.82 Å². The zero-order valence-corrected chi connectivity index (χ0v) is 11.7. The summed E-state index contributed by atoms with van der Waals surface area (Å²) in [5, 5.41) is 6.13. The number of aromatic nitrogens is 4. The number of hydrogen-bond donors (Lipinski definition) is 2. The second-order valence-electron chi connectivity index (χ2n) is 4.29. The lowest BCUT2D eigenvalue weighted by molar-refractivity contribution is 0.0996. The molecule has 1 amide bonds. The molecule has 0 fully saturated rings. The highest BCUT2D eigenvalue weighted by atomic mass is 32.2. The van der Waals surface area contributed by atoms with Gasteiger partial charge >= 0.3 is 0 Å². The van der Waals surface area contributed by atoms with Crippen molar-refractivity contribution in [3.05, 3.63) is 17.8 Å². The molecular weight excluding hydrogens is 276 g/mol. The Labute approximate surface area is 118 Å². The number of amides is 1.